The van der Waals surface area contributed by atoms with Crippen LogP contribution < -0.4 is 4.90 Å². The smallest absolute Gasteiger partial charge is 0.328 e. The average molecular weight is 308 g/mol. The third-order valence-electron chi connectivity index (χ3n) is 4.56. The predicted octanol–water partition coefficient (Wildman–Crippen LogP) is 4.45. The van der Waals surface area contributed by atoms with Crippen molar-refractivity contribution >= 4 is 29.3 Å². The van der Waals surface area contributed by atoms with Crippen molar-refractivity contribution in [3.63, 3.8) is 0 Å². The molecule has 1 aromatic carbocycles. The number of nitrogens with zero attached hydrogens (tertiary/aromatic N) is 1. The predicted molar refractivity (Wildman–Crippen MR) is 88.0 cm³/mol. The van der Waals surface area contributed by atoms with E-state index in [-0.39, 0.29) is 0 Å². The van der Waals surface area contributed by atoms with Gasteiger partial charge in [-0.05, 0) is 48.1 Å². The van der Waals surface area contributed by atoms with Crippen molar-refractivity contribution in [2.24, 2.45) is 5.41 Å². The minimum absolute atomic E-state index is 0.431. The van der Waals surface area contributed by atoms with Crippen LogP contribution in [0.4, 0.5) is 5.69 Å². The number of carboxylic acids is 1. The molecule has 0 spiro atoms. The highest BCUT2D eigenvalue weighted by molar-refractivity contribution is 6.30. The molecule has 1 aliphatic heterocycles. The van der Waals surface area contributed by atoms with Gasteiger partial charge in [-0.15, -0.1) is 0 Å². The highest BCUT2D eigenvalue weighted by Crippen LogP contribution is 2.37. The largest absolute Gasteiger partial charge is 0.478 e. The summed E-state index contributed by atoms with van der Waals surface area (Å²) < 4.78 is 0. The molecule has 0 radical (unpaired) electrons. The number of carboxylic acid groups (broad SMARTS) is 1. The van der Waals surface area contributed by atoms with Gasteiger partial charge in [0.1, 0.15) is 0 Å². The van der Waals surface area contributed by atoms with Crippen molar-refractivity contribution in [3.05, 3.63) is 34.9 Å². The second-order valence-electron chi connectivity index (χ2n) is 6.03. The molecule has 21 heavy (non-hydrogen) atoms. The van der Waals surface area contributed by atoms with Gasteiger partial charge in [0, 0.05) is 29.9 Å². The molecule has 114 valence electrons. The first kappa shape index (κ1) is 15.9. The number of rotatable bonds is 4. The minimum atomic E-state index is -0.946. The van der Waals surface area contributed by atoms with Gasteiger partial charge in [0.05, 0.1) is 0 Å². The van der Waals surface area contributed by atoms with Crippen LogP contribution in [0.1, 0.15) is 38.7 Å². The molecule has 2 rings (SSSR count). The monoisotopic (exact) mass is 307 g/mol. The SMILES string of the molecule is CCC1(C)CCN(c2ccc(Cl)cc2/C=C/C(=O)O)CC1. The maximum absolute atomic E-state index is 10.7. The summed E-state index contributed by atoms with van der Waals surface area (Å²) in [5, 5.41) is 9.44. The summed E-state index contributed by atoms with van der Waals surface area (Å²) >= 11 is 6.04. The molecule has 1 heterocycles. The second kappa shape index (κ2) is 6.52. The first-order chi connectivity index (χ1) is 9.93. The number of hydrogen-bond donors (Lipinski definition) is 1. The van der Waals surface area contributed by atoms with E-state index in [1.165, 1.54) is 6.42 Å². The van der Waals surface area contributed by atoms with Crippen molar-refractivity contribution in [2.45, 2.75) is 33.1 Å². The average Bonchev–Trinajstić information content (AvgIpc) is 2.46. The third kappa shape index (κ3) is 4.01. The summed E-state index contributed by atoms with van der Waals surface area (Å²) in [5.41, 5.74) is 2.36. The summed E-state index contributed by atoms with van der Waals surface area (Å²) in [6.07, 6.45) is 6.31. The molecule has 1 fully saturated rings. The van der Waals surface area contributed by atoms with E-state index in [4.69, 9.17) is 16.7 Å². The Morgan fingerprint density at radius 1 is 1.43 bits per heavy atom. The van der Waals surface area contributed by atoms with Crippen LogP contribution in [0, 0.1) is 5.41 Å². The standard InChI is InChI=1S/C17H22ClNO2/c1-3-17(2)8-10-19(11-9-17)15-6-5-14(18)12-13(15)4-7-16(20)21/h4-7,12H,3,8-11H2,1-2H3,(H,20,21)/b7-4+. The van der Waals surface area contributed by atoms with E-state index in [0.717, 1.165) is 43.3 Å². The number of piperidine rings is 1. The lowest BCUT2D eigenvalue weighted by molar-refractivity contribution is -0.131. The van der Waals surface area contributed by atoms with Gasteiger partial charge in [-0.3, -0.25) is 0 Å². The van der Waals surface area contributed by atoms with Crippen LogP contribution in [0.3, 0.4) is 0 Å². The minimum Gasteiger partial charge on any atom is -0.478 e. The fourth-order valence-corrected chi connectivity index (χ4v) is 2.93. The molecule has 0 amide bonds. The molecule has 1 aliphatic rings. The molecular weight excluding hydrogens is 286 g/mol. The number of hydrogen-bond acceptors (Lipinski definition) is 2. The number of aliphatic carboxylic acids is 1. The van der Waals surface area contributed by atoms with Gasteiger partial charge in [0.15, 0.2) is 0 Å². The highest BCUT2D eigenvalue weighted by atomic mass is 35.5. The van der Waals surface area contributed by atoms with Crippen LogP contribution in [0.25, 0.3) is 6.08 Å². The summed E-state index contributed by atoms with van der Waals surface area (Å²) in [7, 11) is 0. The second-order valence-corrected chi connectivity index (χ2v) is 6.46. The first-order valence-electron chi connectivity index (χ1n) is 7.39. The zero-order valence-corrected chi connectivity index (χ0v) is 13.4. The Morgan fingerprint density at radius 2 is 2.10 bits per heavy atom. The van der Waals surface area contributed by atoms with E-state index >= 15 is 0 Å². The zero-order chi connectivity index (χ0) is 15.5. The van der Waals surface area contributed by atoms with Gasteiger partial charge >= 0.3 is 5.97 Å². The molecule has 4 heteroatoms. The Labute approximate surface area is 131 Å². The third-order valence-corrected chi connectivity index (χ3v) is 4.79. The van der Waals surface area contributed by atoms with Crippen LogP contribution >= 0.6 is 11.6 Å². The molecule has 0 saturated carbocycles. The van der Waals surface area contributed by atoms with Crippen molar-refractivity contribution in [1.82, 2.24) is 0 Å². The summed E-state index contributed by atoms with van der Waals surface area (Å²) in [4.78, 5) is 13.1. The van der Waals surface area contributed by atoms with Gasteiger partial charge in [0.2, 0.25) is 0 Å². The molecule has 0 aromatic heterocycles. The Bertz CT molecular complexity index is 546. The normalized spacial score (nSPS) is 18.1. The number of halogens is 1. The quantitative estimate of drug-likeness (QED) is 0.835. The molecule has 1 N–H and O–H groups in total. The summed E-state index contributed by atoms with van der Waals surface area (Å²) in [6.45, 7) is 6.59. The van der Waals surface area contributed by atoms with Gasteiger partial charge in [-0.2, -0.15) is 0 Å². The van der Waals surface area contributed by atoms with Crippen molar-refractivity contribution < 1.29 is 9.90 Å². The van der Waals surface area contributed by atoms with E-state index in [1.807, 2.05) is 18.2 Å². The molecule has 1 saturated heterocycles. The fraction of sp³-hybridized carbons (Fsp3) is 0.471. The lowest BCUT2D eigenvalue weighted by Gasteiger charge is -2.40. The molecule has 0 atom stereocenters. The lowest BCUT2D eigenvalue weighted by Crippen LogP contribution is -2.38. The Kier molecular flexibility index (Phi) is 4.94. The molecular formula is C17H22ClNO2. The van der Waals surface area contributed by atoms with E-state index in [2.05, 4.69) is 18.7 Å². The van der Waals surface area contributed by atoms with Crippen LogP contribution in [-0.2, 0) is 4.79 Å². The number of benzene rings is 1. The van der Waals surface area contributed by atoms with E-state index < -0.39 is 5.97 Å². The van der Waals surface area contributed by atoms with Crippen molar-refractivity contribution in [3.8, 4) is 0 Å². The van der Waals surface area contributed by atoms with Gasteiger partial charge in [-0.1, -0.05) is 31.9 Å². The molecule has 0 aliphatic carbocycles. The van der Waals surface area contributed by atoms with E-state index in [9.17, 15) is 4.79 Å². The topological polar surface area (TPSA) is 40.5 Å². The number of carbonyl (C=O) groups is 1. The van der Waals surface area contributed by atoms with Gasteiger partial charge < -0.3 is 10.0 Å². The zero-order valence-electron chi connectivity index (χ0n) is 12.6. The Morgan fingerprint density at radius 3 is 2.67 bits per heavy atom. The highest BCUT2D eigenvalue weighted by Gasteiger charge is 2.28. The van der Waals surface area contributed by atoms with Gasteiger partial charge in [0.25, 0.3) is 0 Å². The van der Waals surface area contributed by atoms with Crippen molar-refractivity contribution in [1.29, 1.82) is 0 Å². The Hall–Kier alpha value is -1.48. The van der Waals surface area contributed by atoms with Crippen molar-refractivity contribution in [2.75, 3.05) is 18.0 Å². The fourth-order valence-electron chi connectivity index (χ4n) is 2.75. The van der Waals surface area contributed by atoms with Gasteiger partial charge in [-0.25, -0.2) is 4.79 Å². The maximum Gasteiger partial charge on any atom is 0.328 e. The molecule has 1 aromatic rings. The summed E-state index contributed by atoms with van der Waals surface area (Å²) in [6, 6.07) is 5.67. The maximum atomic E-state index is 10.7. The van der Waals surface area contributed by atoms with Crippen LogP contribution in [-0.4, -0.2) is 24.2 Å². The molecule has 0 bridgehead atoms. The Balaban J connectivity index is 2.22. The summed E-state index contributed by atoms with van der Waals surface area (Å²) in [5.74, 6) is -0.946. The van der Waals surface area contributed by atoms with Crippen LogP contribution in [0.15, 0.2) is 24.3 Å². The van der Waals surface area contributed by atoms with Crippen LogP contribution in [0.2, 0.25) is 5.02 Å². The molecule has 3 nitrogen and oxygen atoms in total. The molecule has 0 unspecified atom stereocenters. The number of anilines is 1. The lowest BCUT2D eigenvalue weighted by atomic mass is 9.78. The first-order valence-corrected chi connectivity index (χ1v) is 7.77. The van der Waals surface area contributed by atoms with E-state index in [1.54, 1.807) is 6.08 Å². The van der Waals surface area contributed by atoms with E-state index in [0.29, 0.717) is 10.4 Å². The van der Waals surface area contributed by atoms with Crippen LogP contribution in [0.5, 0.6) is 0 Å².